The van der Waals surface area contributed by atoms with Gasteiger partial charge in [0.25, 0.3) is 5.91 Å². The number of nitrogens with zero attached hydrogens (tertiary/aromatic N) is 1. The molecule has 0 bridgehead atoms. The molecule has 2 heterocycles. The molecule has 1 amide bonds. The molecule has 2 N–H and O–H groups in total. The molecule has 0 radical (unpaired) electrons. The Bertz CT molecular complexity index is 463. The maximum Gasteiger partial charge on any atom is 0.268 e. The summed E-state index contributed by atoms with van der Waals surface area (Å²) in [4.78, 5) is 14.7. The number of nitriles is 1. The molecule has 1 aromatic heterocycles. The van der Waals surface area contributed by atoms with Crippen molar-refractivity contribution in [1.82, 2.24) is 10.3 Å². The first-order valence-electron chi connectivity index (χ1n) is 5.74. The largest absolute Gasteiger partial charge is 0.379 e. The third kappa shape index (κ3) is 2.70. The van der Waals surface area contributed by atoms with E-state index in [1.54, 1.807) is 7.11 Å². The zero-order chi connectivity index (χ0) is 13.0. The molecule has 0 aliphatic carbocycles. The molecule has 18 heavy (non-hydrogen) atoms. The van der Waals surface area contributed by atoms with Crippen molar-refractivity contribution in [3.63, 3.8) is 0 Å². The van der Waals surface area contributed by atoms with Crippen molar-refractivity contribution in [2.24, 2.45) is 0 Å². The van der Waals surface area contributed by atoms with Crippen molar-refractivity contribution in [3.05, 3.63) is 23.5 Å². The molecule has 0 spiro atoms. The van der Waals surface area contributed by atoms with Gasteiger partial charge < -0.3 is 19.8 Å². The fraction of sp³-hybridized carbons (Fsp3) is 0.500. The maximum absolute atomic E-state index is 11.9. The molecule has 1 aromatic rings. The van der Waals surface area contributed by atoms with E-state index < -0.39 is 0 Å². The van der Waals surface area contributed by atoms with E-state index in [9.17, 15) is 4.79 Å². The topological polar surface area (TPSA) is 87.1 Å². The van der Waals surface area contributed by atoms with E-state index in [2.05, 4.69) is 10.3 Å². The van der Waals surface area contributed by atoms with E-state index in [1.165, 1.54) is 12.3 Å². The molecule has 0 saturated carbocycles. The van der Waals surface area contributed by atoms with Gasteiger partial charge in [0.1, 0.15) is 11.8 Å². The van der Waals surface area contributed by atoms with Gasteiger partial charge in [-0.25, -0.2) is 0 Å². The number of nitrogens with one attached hydrogen (secondary N) is 2. The molecule has 0 unspecified atom stereocenters. The molecule has 1 aliphatic rings. The highest BCUT2D eigenvalue weighted by Crippen LogP contribution is 2.12. The third-order valence-electron chi connectivity index (χ3n) is 2.97. The molecule has 1 fully saturated rings. The van der Waals surface area contributed by atoms with Gasteiger partial charge in [0.15, 0.2) is 0 Å². The van der Waals surface area contributed by atoms with Gasteiger partial charge in [0, 0.05) is 19.9 Å². The predicted octanol–water partition coefficient (Wildman–Crippen LogP) is 0.420. The van der Waals surface area contributed by atoms with Crippen molar-refractivity contribution in [2.75, 3.05) is 20.3 Å². The summed E-state index contributed by atoms with van der Waals surface area (Å²) in [6.45, 7) is 1.09. The Balaban J connectivity index is 1.99. The highest BCUT2D eigenvalue weighted by molar-refractivity contribution is 5.93. The summed E-state index contributed by atoms with van der Waals surface area (Å²) in [6, 6.07) is 3.32. The summed E-state index contributed by atoms with van der Waals surface area (Å²) >= 11 is 0. The Hall–Kier alpha value is -1.84. The zero-order valence-electron chi connectivity index (χ0n) is 10.1. The van der Waals surface area contributed by atoms with E-state index in [1.807, 2.05) is 6.07 Å². The highest BCUT2D eigenvalue weighted by atomic mass is 16.5. The predicted molar refractivity (Wildman–Crippen MR) is 63.0 cm³/mol. The average molecular weight is 249 g/mol. The molecule has 96 valence electrons. The number of aromatic amines is 1. The van der Waals surface area contributed by atoms with Crippen LogP contribution in [-0.2, 0) is 9.47 Å². The summed E-state index contributed by atoms with van der Waals surface area (Å²) in [5.41, 5.74) is 0.801. The van der Waals surface area contributed by atoms with Crippen LogP contribution in [0, 0.1) is 11.3 Å². The number of H-pyrrole nitrogens is 1. The molecular formula is C12H15N3O3. The summed E-state index contributed by atoms with van der Waals surface area (Å²) in [6.07, 6.45) is 2.23. The lowest BCUT2D eigenvalue weighted by molar-refractivity contribution is -0.0349. The van der Waals surface area contributed by atoms with E-state index >= 15 is 0 Å². The number of aromatic nitrogens is 1. The van der Waals surface area contributed by atoms with Crippen molar-refractivity contribution in [3.8, 4) is 6.07 Å². The van der Waals surface area contributed by atoms with E-state index in [4.69, 9.17) is 14.7 Å². The number of hydrogen-bond acceptors (Lipinski definition) is 4. The van der Waals surface area contributed by atoms with Crippen LogP contribution in [0.2, 0.25) is 0 Å². The Labute approximate surface area is 105 Å². The number of carbonyl (C=O) groups excluding carboxylic acids is 1. The lowest BCUT2D eigenvalue weighted by Gasteiger charge is -2.30. The van der Waals surface area contributed by atoms with Crippen LogP contribution in [0.5, 0.6) is 0 Å². The quantitative estimate of drug-likeness (QED) is 0.812. The van der Waals surface area contributed by atoms with Gasteiger partial charge in [-0.05, 0) is 12.5 Å². The highest BCUT2D eigenvalue weighted by Gasteiger charge is 2.27. The van der Waals surface area contributed by atoms with Gasteiger partial charge in [-0.15, -0.1) is 0 Å². The molecule has 1 saturated heterocycles. The first-order valence-corrected chi connectivity index (χ1v) is 5.74. The lowest BCUT2D eigenvalue weighted by Crippen LogP contribution is -2.50. The first kappa shape index (κ1) is 12.6. The van der Waals surface area contributed by atoms with E-state index in [0.717, 1.165) is 6.42 Å². The molecule has 6 nitrogen and oxygen atoms in total. The van der Waals surface area contributed by atoms with Crippen LogP contribution in [0.4, 0.5) is 0 Å². The van der Waals surface area contributed by atoms with Crippen LogP contribution in [0.25, 0.3) is 0 Å². The first-order chi connectivity index (χ1) is 8.74. The van der Waals surface area contributed by atoms with Gasteiger partial charge in [-0.3, -0.25) is 4.79 Å². The number of carbonyl (C=O) groups is 1. The van der Waals surface area contributed by atoms with Crippen LogP contribution < -0.4 is 5.32 Å². The number of hydrogen-bond donors (Lipinski definition) is 2. The normalized spacial score (nSPS) is 23.3. The van der Waals surface area contributed by atoms with Crippen molar-refractivity contribution in [1.29, 1.82) is 5.26 Å². The minimum atomic E-state index is -0.256. The van der Waals surface area contributed by atoms with Gasteiger partial charge >= 0.3 is 0 Å². The maximum atomic E-state index is 11.9. The van der Waals surface area contributed by atoms with Gasteiger partial charge in [0.2, 0.25) is 0 Å². The Morgan fingerprint density at radius 3 is 3.22 bits per heavy atom. The van der Waals surface area contributed by atoms with Crippen LogP contribution in [0.1, 0.15) is 22.5 Å². The van der Waals surface area contributed by atoms with Gasteiger partial charge in [-0.2, -0.15) is 5.26 Å². The molecule has 2 atom stereocenters. The summed E-state index contributed by atoms with van der Waals surface area (Å²) in [5, 5.41) is 11.5. The third-order valence-corrected chi connectivity index (χ3v) is 2.97. The van der Waals surface area contributed by atoms with E-state index in [-0.39, 0.29) is 18.1 Å². The smallest absolute Gasteiger partial charge is 0.268 e. The number of rotatable bonds is 3. The Morgan fingerprint density at radius 2 is 2.56 bits per heavy atom. The summed E-state index contributed by atoms with van der Waals surface area (Å²) < 4.78 is 10.6. The van der Waals surface area contributed by atoms with E-state index in [0.29, 0.717) is 24.5 Å². The molecule has 6 heteroatoms. The molecular weight excluding hydrogens is 234 g/mol. The Morgan fingerprint density at radius 1 is 1.72 bits per heavy atom. The monoisotopic (exact) mass is 249 g/mol. The minimum absolute atomic E-state index is 0.0342. The fourth-order valence-electron chi connectivity index (χ4n) is 1.97. The summed E-state index contributed by atoms with van der Waals surface area (Å²) in [5.74, 6) is -0.256. The van der Waals surface area contributed by atoms with Gasteiger partial charge in [-0.1, -0.05) is 0 Å². The second-order valence-corrected chi connectivity index (χ2v) is 4.13. The average Bonchev–Trinajstić information content (AvgIpc) is 2.88. The van der Waals surface area contributed by atoms with Crippen molar-refractivity contribution in [2.45, 2.75) is 18.6 Å². The number of methoxy groups -OCH3 is 1. The zero-order valence-corrected chi connectivity index (χ0v) is 10.1. The van der Waals surface area contributed by atoms with Crippen molar-refractivity contribution < 1.29 is 14.3 Å². The van der Waals surface area contributed by atoms with Gasteiger partial charge in [0.05, 0.1) is 24.3 Å². The van der Waals surface area contributed by atoms with Crippen molar-refractivity contribution >= 4 is 5.91 Å². The SMILES string of the molecule is CO[C@@H]1CCOC[C@H]1NC(=O)c1cc(C#N)c[nH]1. The van der Waals surface area contributed by atoms with Crippen LogP contribution in [-0.4, -0.2) is 43.4 Å². The minimum Gasteiger partial charge on any atom is -0.379 e. The lowest BCUT2D eigenvalue weighted by atomic mass is 10.1. The Kier molecular flexibility index (Phi) is 3.97. The number of ether oxygens (including phenoxy) is 2. The molecule has 2 rings (SSSR count). The molecule has 1 aliphatic heterocycles. The second kappa shape index (κ2) is 5.67. The van der Waals surface area contributed by atoms with Crippen LogP contribution in [0.3, 0.4) is 0 Å². The summed E-state index contributed by atoms with van der Waals surface area (Å²) in [7, 11) is 1.62. The standard InChI is InChI=1S/C12H15N3O3/c1-17-11-2-3-18-7-10(11)15-12(16)9-4-8(5-13)6-14-9/h4,6,10-11,14H,2-3,7H2,1H3,(H,15,16)/t10-,11-/m1/s1. The number of amides is 1. The van der Waals surface area contributed by atoms with Crippen LogP contribution >= 0.6 is 0 Å². The molecule has 0 aromatic carbocycles. The fourth-order valence-corrected chi connectivity index (χ4v) is 1.97. The van der Waals surface area contributed by atoms with Crippen LogP contribution in [0.15, 0.2) is 12.3 Å². The second-order valence-electron chi connectivity index (χ2n) is 4.13.